The van der Waals surface area contributed by atoms with E-state index in [1.54, 1.807) is 11.3 Å². The van der Waals surface area contributed by atoms with E-state index in [4.69, 9.17) is 10.5 Å². The maximum atomic E-state index is 13.5. The summed E-state index contributed by atoms with van der Waals surface area (Å²) in [5.41, 5.74) is 7.80. The van der Waals surface area contributed by atoms with Gasteiger partial charge in [-0.15, -0.1) is 11.3 Å². The predicted octanol–water partition coefficient (Wildman–Crippen LogP) is 3.97. The fourth-order valence-corrected chi connectivity index (χ4v) is 5.96. The van der Waals surface area contributed by atoms with Crippen LogP contribution in [0, 0.1) is 5.92 Å². The molecule has 192 valence electrons. The Kier molecular flexibility index (Phi) is 9.20. The van der Waals surface area contributed by atoms with Gasteiger partial charge in [-0.25, -0.2) is 9.79 Å². The first-order valence-corrected chi connectivity index (χ1v) is 13.9. The van der Waals surface area contributed by atoms with Crippen molar-refractivity contribution in [2.24, 2.45) is 16.6 Å². The maximum Gasteiger partial charge on any atom is 0.407 e. The average molecular weight is 502 g/mol. The SMILES string of the molecule is CCCN(CCCNC(=O)OC1CCC1)C(=O)C1=Cc2sc(CC3CCNCC3)cc2N=C(N)C1. The molecule has 4 rings (SSSR count). The van der Waals surface area contributed by atoms with Gasteiger partial charge in [-0.05, 0) is 82.5 Å². The standard InChI is InChI=1S/C26H39N5O3S/c1-2-12-31(13-4-9-29-26(33)34-20-5-3-6-20)25(32)19-15-23-22(30-24(27)16-19)17-21(35-23)14-18-7-10-28-11-8-18/h15,17-18,20,28H,2-14,16H2,1H3,(H2,27,30)(H,29,33). The van der Waals surface area contributed by atoms with Gasteiger partial charge in [0.1, 0.15) is 11.9 Å². The maximum absolute atomic E-state index is 13.5. The van der Waals surface area contributed by atoms with Gasteiger partial charge in [0.15, 0.2) is 0 Å². The van der Waals surface area contributed by atoms with Gasteiger partial charge in [0.2, 0.25) is 5.91 Å². The van der Waals surface area contributed by atoms with Crippen molar-refractivity contribution < 1.29 is 14.3 Å². The van der Waals surface area contributed by atoms with Crippen LogP contribution in [0.1, 0.15) is 68.0 Å². The van der Waals surface area contributed by atoms with E-state index in [9.17, 15) is 9.59 Å². The van der Waals surface area contributed by atoms with Crippen LogP contribution >= 0.6 is 11.3 Å². The molecule has 0 aromatic carbocycles. The van der Waals surface area contributed by atoms with E-state index < -0.39 is 0 Å². The Balaban J connectivity index is 1.36. The van der Waals surface area contributed by atoms with Crippen molar-refractivity contribution in [1.82, 2.24) is 15.5 Å². The number of nitrogens with one attached hydrogen (secondary N) is 2. The summed E-state index contributed by atoms with van der Waals surface area (Å²) >= 11 is 1.74. The quantitative estimate of drug-likeness (QED) is 0.420. The van der Waals surface area contributed by atoms with Gasteiger partial charge in [0.25, 0.3) is 0 Å². The molecule has 35 heavy (non-hydrogen) atoms. The summed E-state index contributed by atoms with van der Waals surface area (Å²) in [7, 11) is 0. The van der Waals surface area contributed by atoms with Crippen molar-refractivity contribution in [3.63, 3.8) is 0 Å². The van der Waals surface area contributed by atoms with Crippen molar-refractivity contribution in [2.45, 2.75) is 70.8 Å². The molecule has 3 heterocycles. The van der Waals surface area contributed by atoms with Gasteiger partial charge in [-0.1, -0.05) is 6.92 Å². The number of rotatable bonds is 10. The van der Waals surface area contributed by atoms with Gasteiger partial charge in [-0.2, -0.15) is 0 Å². The summed E-state index contributed by atoms with van der Waals surface area (Å²) in [5.74, 6) is 1.18. The number of carbonyl (C=O) groups excluding carboxylic acids is 2. The van der Waals surface area contributed by atoms with Gasteiger partial charge in [0, 0.05) is 36.5 Å². The molecule has 2 fully saturated rings. The minimum Gasteiger partial charge on any atom is -0.446 e. The lowest BCUT2D eigenvalue weighted by atomic mass is 9.94. The van der Waals surface area contributed by atoms with Crippen LogP contribution in [0.4, 0.5) is 10.5 Å². The lowest BCUT2D eigenvalue weighted by Crippen LogP contribution is -2.37. The van der Waals surface area contributed by atoms with Crippen LogP contribution in [-0.4, -0.2) is 61.6 Å². The van der Waals surface area contributed by atoms with E-state index in [-0.39, 0.29) is 18.1 Å². The minimum absolute atomic E-state index is 0.00296. The third-order valence-electron chi connectivity index (χ3n) is 6.94. The summed E-state index contributed by atoms with van der Waals surface area (Å²) in [6.07, 6.45) is 10.1. The lowest BCUT2D eigenvalue weighted by Gasteiger charge is -2.25. The normalized spacial score (nSPS) is 18.5. The minimum atomic E-state index is -0.357. The van der Waals surface area contributed by atoms with Crippen molar-refractivity contribution in [3.8, 4) is 0 Å². The number of piperidine rings is 1. The van der Waals surface area contributed by atoms with Gasteiger partial charge in [0.05, 0.1) is 10.6 Å². The smallest absolute Gasteiger partial charge is 0.407 e. The topological polar surface area (TPSA) is 109 Å². The van der Waals surface area contributed by atoms with Crippen LogP contribution in [0.2, 0.25) is 0 Å². The van der Waals surface area contributed by atoms with Gasteiger partial charge >= 0.3 is 6.09 Å². The predicted molar refractivity (Wildman–Crippen MR) is 141 cm³/mol. The molecule has 0 radical (unpaired) electrons. The van der Waals surface area contributed by atoms with Crippen LogP contribution < -0.4 is 16.4 Å². The molecule has 0 unspecified atom stereocenters. The fraction of sp³-hybridized carbons (Fsp3) is 0.654. The molecule has 4 N–H and O–H groups in total. The van der Waals surface area contributed by atoms with E-state index in [0.717, 1.165) is 55.8 Å². The number of nitrogens with two attached hydrogens (primary N) is 1. The molecule has 1 saturated carbocycles. The highest BCUT2D eigenvalue weighted by molar-refractivity contribution is 7.13. The Bertz CT molecular complexity index is 947. The Hall–Kier alpha value is -2.39. The Morgan fingerprint density at radius 1 is 1.26 bits per heavy atom. The Morgan fingerprint density at radius 2 is 2.06 bits per heavy atom. The number of hydrogen-bond acceptors (Lipinski definition) is 7. The van der Waals surface area contributed by atoms with Crippen LogP contribution in [-0.2, 0) is 16.0 Å². The first-order chi connectivity index (χ1) is 17.0. The number of aliphatic imine (C=N–C) groups is 1. The molecule has 1 aliphatic carbocycles. The van der Waals surface area contributed by atoms with E-state index in [1.165, 1.54) is 17.7 Å². The zero-order chi connectivity index (χ0) is 24.6. The largest absolute Gasteiger partial charge is 0.446 e. The molecule has 1 saturated heterocycles. The van der Waals surface area contributed by atoms with Crippen molar-refractivity contribution in [3.05, 3.63) is 21.4 Å². The Morgan fingerprint density at radius 3 is 2.77 bits per heavy atom. The monoisotopic (exact) mass is 501 g/mol. The molecule has 2 aliphatic heterocycles. The molecular formula is C26H39N5O3S. The molecule has 1 aromatic heterocycles. The Labute approximate surface area is 212 Å². The second-order valence-corrected chi connectivity index (χ2v) is 11.0. The molecule has 0 bridgehead atoms. The zero-order valence-electron chi connectivity index (χ0n) is 20.8. The highest BCUT2D eigenvalue weighted by Crippen LogP contribution is 2.36. The first kappa shape index (κ1) is 25.7. The van der Waals surface area contributed by atoms with E-state index in [2.05, 4.69) is 28.6 Å². The van der Waals surface area contributed by atoms with Crippen LogP contribution in [0.3, 0.4) is 0 Å². The first-order valence-electron chi connectivity index (χ1n) is 13.1. The average Bonchev–Trinajstić information content (AvgIpc) is 3.10. The van der Waals surface area contributed by atoms with E-state index in [1.807, 2.05) is 11.0 Å². The van der Waals surface area contributed by atoms with Crippen molar-refractivity contribution in [1.29, 1.82) is 0 Å². The molecule has 9 heteroatoms. The second-order valence-electron chi connectivity index (χ2n) is 9.84. The number of carbonyl (C=O) groups is 2. The summed E-state index contributed by atoms with van der Waals surface area (Å²) in [6, 6.07) is 2.15. The number of ether oxygens (including phenoxy) is 1. The zero-order valence-corrected chi connectivity index (χ0v) is 21.6. The second kappa shape index (κ2) is 12.5. The highest BCUT2D eigenvalue weighted by atomic mass is 32.1. The third kappa shape index (κ3) is 7.30. The van der Waals surface area contributed by atoms with Crippen LogP contribution in [0.25, 0.3) is 6.08 Å². The lowest BCUT2D eigenvalue weighted by molar-refractivity contribution is -0.127. The highest BCUT2D eigenvalue weighted by Gasteiger charge is 2.24. The molecule has 1 aromatic rings. The molecule has 0 atom stereocenters. The van der Waals surface area contributed by atoms with Crippen LogP contribution in [0.5, 0.6) is 0 Å². The molecule has 3 aliphatic rings. The van der Waals surface area contributed by atoms with Crippen molar-refractivity contribution in [2.75, 3.05) is 32.7 Å². The van der Waals surface area contributed by atoms with E-state index in [0.29, 0.717) is 49.8 Å². The number of amides is 2. The third-order valence-corrected chi connectivity index (χ3v) is 8.03. The summed E-state index contributed by atoms with van der Waals surface area (Å²) in [5, 5.41) is 6.23. The number of thiophene rings is 1. The summed E-state index contributed by atoms with van der Waals surface area (Å²) in [6.45, 7) is 5.96. The number of hydrogen-bond donors (Lipinski definition) is 3. The molecular weight excluding hydrogens is 462 g/mol. The molecule has 2 amide bonds. The number of fused-ring (bicyclic) bond motifs is 1. The fourth-order valence-electron chi connectivity index (χ4n) is 4.77. The van der Waals surface area contributed by atoms with Crippen LogP contribution in [0.15, 0.2) is 16.6 Å². The number of nitrogens with zero attached hydrogens (tertiary/aromatic N) is 2. The van der Waals surface area contributed by atoms with Gasteiger partial charge in [-0.3, -0.25) is 4.79 Å². The number of alkyl carbamates (subject to hydrolysis) is 1. The summed E-state index contributed by atoms with van der Waals surface area (Å²) in [4.78, 5) is 34.2. The van der Waals surface area contributed by atoms with E-state index >= 15 is 0 Å². The molecule has 8 nitrogen and oxygen atoms in total. The van der Waals surface area contributed by atoms with Gasteiger partial charge < -0.3 is 26.0 Å². The number of amidine groups is 1. The molecule has 0 spiro atoms. The summed E-state index contributed by atoms with van der Waals surface area (Å²) < 4.78 is 5.32. The van der Waals surface area contributed by atoms with Crippen molar-refractivity contribution >= 4 is 40.9 Å².